The summed E-state index contributed by atoms with van der Waals surface area (Å²) in [5.74, 6) is -1.14. The number of carboxylic acids is 1. The minimum Gasteiger partial charge on any atom is -0.476 e. The largest absolute Gasteiger partial charge is 0.476 e. The highest BCUT2D eigenvalue weighted by atomic mass is 35.5. The zero-order valence-corrected chi connectivity index (χ0v) is 11.1. The van der Waals surface area contributed by atoms with Gasteiger partial charge in [-0.2, -0.15) is 0 Å². The van der Waals surface area contributed by atoms with Gasteiger partial charge in [0.2, 0.25) is 0 Å². The number of benzene rings is 1. The molecular weight excluding hydrogens is 266 g/mol. The summed E-state index contributed by atoms with van der Waals surface area (Å²) in [6.45, 7) is 6.01. The highest BCUT2D eigenvalue weighted by Crippen LogP contribution is 2.29. The van der Waals surface area contributed by atoms with E-state index in [9.17, 15) is 9.90 Å². The number of carboxylic acid groups (broad SMARTS) is 1. The molecule has 0 atom stereocenters. The first-order chi connectivity index (χ1) is 9.00. The molecule has 2 aromatic rings. The molecule has 1 N–H and O–H groups in total. The molecule has 1 heterocycles. The van der Waals surface area contributed by atoms with Crippen LogP contribution in [0.4, 0.5) is 0 Å². The maximum Gasteiger partial charge on any atom is 0.358 e. The van der Waals surface area contributed by atoms with Crippen LogP contribution in [0.15, 0.2) is 36.4 Å². The third-order valence-electron chi connectivity index (χ3n) is 2.49. The van der Waals surface area contributed by atoms with E-state index in [0.29, 0.717) is 22.8 Å². The maximum atomic E-state index is 11.2. The molecule has 0 radical (unpaired) electrons. The Morgan fingerprint density at radius 3 is 2.74 bits per heavy atom. The third kappa shape index (κ3) is 2.66. The smallest absolute Gasteiger partial charge is 0.358 e. The van der Waals surface area contributed by atoms with Crippen LogP contribution in [0.25, 0.3) is 11.3 Å². The number of hydrogen-bond donors (Lipinski definition) is 1. The van der Waals surface area contributed by atoms with Crippen molar-refractivity contribution in [1.29, 1.82) is 0 Å². The standard InChI is InChI=1S/C13H12ClN3O2/c1-8(2)7-17-12(11(13(18)19)15-16-17)9-5-3-4-6-10(9)14/h3-6H,1,7H2,2H3,(H,18,19). The monoisotopic (exact) mass is 277 g/mol. The Hall–Kier alpha value is -2.14. The summed E-state index contributed by atoms with van der Waals surface area (Å²) in [6.07, 6.45) is 0. The quantitative estimate of drug-likeness (QED) is 0.873. The van der Waals surface area contributed by atoms with Crippen molar-refractivity contribution < 1.29 is 9.90 Å². The second kappa shape index (κ2) is 5.24. The van der Waals surface area contributed by atoms with Crippen molar-refractivity contribution in [2.75, 3.05) is 0 Å². The van der Waals surface area contributed by atoms with Gasteiger partial charge in [0.15, 0.2) is 5.69 Å². The second-order valence-corrected chi connectivity index (χ2v) is 4.59. The lowest BCUT2D eigenvalue weighted by Crippen LogP contribution is -2.06. The second-order valence-electron chi connectivity index (χ2n) is 4.19. The van der Waals surface area contributed by atoms with Gasteiger partial charge in [0.05, 0.1) is 11.6 Å². The predicted molar refractivity (Wildman–Crippen MR) is 72.2 cm³/mol. The Morgan fingerprint density at radius 2 is 2.16 bits per heavy atom. The van der Waals surface area contributed by atoms with Crippen LogP contribution in [-0.4, -0.2) is 26.1 Å². The van der Waals surface area contributed by atoms with E-state index in [-0.39, 0.29) is 5.69 Å². The highest BCUT2D eigenvalue weighted by molar-refractivity contribution is 6.33. The van der Waals surface area contributed by atoms with Gasteiger partial charge in [-0.3, -0.25) is 0 Å². The van der Waals surface area contributed by atoms with Crippen LogP contribution >= 0.6 is 11.6 Å². The van der Waals surface area contributed by atoms with E-state index in [1.807, 2.05) is 6.92 Å². The molecule has 1 aromatic carbocycles. The van der Waals surface area contributed by atoms with Crippen LogP contribution < -0.4 is 0 Å². The molecule has 0 spiro atoms. The molecule has 0 saturated carbocycles. The summed E-state index contributed by atoms with van der Waals surface area (Å²) in [4.78, 5) is 11.2. The minimum atomic E-state index is -1.14. The number of allylic oxidation sites excluding steroid dienone is 1. The number of hydrogen-bond acceptors (Lipinski definition) is 3. The van der Waals surface area contributed by atoms with Crippen molar-refractivity contribution in [2.45, 2.75) is 13.5 Å². The number of aromatic carboxylic acids is 1. The van der Waals surface area contributed by atoms with Crippen LogP contribution in [-0.2, 0) is 6.54 Å². The van der Waals surface area contributed by atoms with Gasteiger partial charge in [-0.1, -0.05) is 47.2 Å². The SMILES string of the molecule is C=C(C)Cn1nnc(C(=O)O)c1-c1ccccc1Cl. The van der Waals surface area contributed by atoms with Crippen molar-refractivity contribution in [3.63, 3.8) is 0 Å². The summed E-state index contributed by atoms with van der Waals surface area (Å²) in [6, 6.07) is 6.99. The number of nitrogens with zero attached hydrogens (tertiary/aromatic N) is 3. The summed E-state index contributed by atoms with van der Waals surface area (Å²) in [7, 11) is 0. The zero-order chi connectivity index (χ0) is 14.0. The van der Waals surface area contributed by atoms with Crippen LogP contribution in [0.3, 0.4) is 0 Å². The molecule has 19 heavy (non-hydrogen) atoms. The molecule has 0 amide bonds. The van der Waals surface area contributed by atoms with Gasteiger partial charge in [0.25, 0.3) is 0 Å². The van der Waals surface area contributed by atoms with E-state index in [1.54, 1.807) is 24.3 Å². The first kappa shape index (κ1) is 13.3. The zero-order valence-electron chi connectivity index (χ0n) is 10.3. The molecule has 2 rings (SSSR count). The number of aromatic nitrogens is 3. The lowest BCUT2D eigenvalue weighted by Gasteiger charge is -2.08. The molecule has 0 saturated heterocycles. The van der Waals surface area contributed by atoms with Crippen LogP contribution in [0.1, 0.15) is 17.4 Å². The van der Waals surface area contributed by atoms with Crippen LogP contribution in [0, 0.1) is 0 Å². The lowest BCUT2D eigenvalue weighted by atomic mass is 10.1. The Labute approximate surface area is 115 Å². The molecular formula is C13H12ClN3O2. The summed E-state index contributed by atoms with van der Waals surface area (Å²) in [5, 5.41) is 17.2. The van der Waals surface area contributed by atoms with Crippen molar-refractivity contribution >= 4 is 17.6 Å². The van der Waals surface area contributed by atoms with Crippen LogP contribution in [0.5, 0.6) is 0 Å². The Balaban J connectivity index is 2.65. The number of carbonyl (C=O) groups is 1. The van der Waals surface area contributed by atoms with Crippen molar-refractivity contribution in [1.82, 2.24) is 15.0 Å². The first-order valence-corrected chi connectivity index (χ1v) is 5.94. The molecule has 0 aliphatic heterocycles. The maximum absolute atomic E-state index is 11.2. The van der Waals surface area contributed by atoms with E-state index in [0.717, 1.165) is 5.57 Å². The van der Waals surface area contributed by atoms with E-state index < -0.39 is 5.97 Å². The highest BCUT2D eigenvalue weighted by Gasteiger charge is 2.22. The van der Waals surface area contributed by atoms with Crippen molar-refractivity contribution in [2.24, 2.45) is 0 Å². The van der Waals surface area contributed by atoms with E-state index in [4.69, 9.17) is 11.6 Å². The number of rotatable bonds is 4. The fourth-order valence-corrected chi connectivity index (χ4v) is 1.97. The summed E-state index contributed by atoms with van der Waals surface area (Å²) < 4.78 is 1.49. The molecule has 6 heteroatoms. The summed E-state index contributed by atoms with van der Waals surface area (Å²) in [5.41, 5.74) is 1.71. The molecule has 98 valence electrons. The van der Waals surface area contributed by atoms with Gasteiger partial charge < -0.3 is 5.11 Å². The predicted octanol–water partition coefficient (Wildman–Crippen LogP) is 2.87. The van der Waals surface area contributed by atoms with E-state index in [2.05, 4.69) is 16.9 Å². The van der Waals surface area contributed by atoms with Crippen LogP contribution in [0.2, 0.25) is 5.02 Å². The average molecular weight is 278 g/mol. The average Bonchev–Trinajstić information content (AvgIpc) is 2.72. The topological polar surface area (TPSA) is 68.0 Å². The van der Waals surface area contributed by atoms with Crippen molar-refractivity contribution in [3.8, 4) is 11.3 Å². The van der Waals surface area contributed by atoms with Gasteiger partial charge in [-0.25, -0.2) is 9.48 Å². The molecule has 0 bridgehead atoms. The Morgan fingerprint density at radius 1 is 1.47 bits per heavy atom. The Kier molecular flexibility index (Phi) is 3.66. The molecule has 1 aromatic heterocycles. The molecule has 0 aliphatic rings. The number of halogens is 1. The van der Waals surface area contributed by atoms with Gasteiger partial charge in [0.1, 0.15) is 5.69 Å². The van der Waals surface area contributed by atoms with Crippen molar-refractivity contribution in [3.05, 3.63) is 47.1 Å². The molecule has 0 aliphatic carbocycles. The molecule has 5 nitrogen and oxygen atoms in total. The minimum absolute atomic E-state index is 0.116. The fourth-order valence-electron chi connectivity index (χ4n) is 1.74. The fraction of sp³-hybridized carbons (Fsp3) is 0.154. The van der Waals surface area contributed by atoms with E-state index >= 15 is 0 Å². The first-order valence-electron chi connectivity index (χ1n) is 5.56. The molecule has 0 fully saturated rings. The summed E-state index contributed by atoms with van der Waals surface area (Å²) >= 11 is 6.12. The third-order valence-corrected chi connectivity index (χ3v) is 2.82. The normalized spacial score (nSPS) is 10.4. The van der Waals surface area contributed by atoms with Gasteiger partial charge in [0, 0.05) is 5.56 Å². The molecule has 0 unspecified atom stereocenters. The Bertz CT molecular complexity index is 649. The van der Waals surface area contributed by atoms with Gasteiger partial charge >= 0.3 is 5.97 Å². The van der Waals surface area contributed by atoms with E-state index in [1.165, 1.54) is 4.68 Å². The van der Waals surface area contributed by atoms with Gasteiger partial charge in [-0.15, -0.1) is 5.10 Å². The van der Waals surface area contributed by atoms with Gasteiger partial charge in [-0.05, 0) is 13.0 Å². The lowest BCUT2D eigenvalue weighted by molar-refractivity contribution is 0.0691.